The van der Waals surface area contributed by atoms with Crippen LogP contribution >= 0.6 is 0 Å². The Balaban J connectivity index is 1.59. The first kappa shape index (κ1) is 33.3. The van der Waals surface area contributed by atoms with Crippen LogP contribution in [-0.2, 0) is 17.0 Å². The lowest BCUT2D eigenvalue weighted by molar-refractivity contribution is -0.137. The van der Waals surface area contributed by atoms with Crippen molar-refractivity contribution in [3.63, 3.8) is 0 Å². The van der Waals surface area contributed by atoms with E-state index < -0.39 is 11.7 Å². The molecule has 0 saturated heterocycles. The molecular formula is C46H38F3N3. The Labute approximate surface area is 301 Å². The molecule has 52 heavy (non-hydrogen) atoms. The molecule has 0 amide bonds. The van der Waals surface area contributed by atoms with Gasteiger partial charge in [-0.15, -0.1) is 0 Å². The minimum Gasteiger partial charge on any atom is -0.308 e. The quantitative estimate of drug-likeness (QED) is 0.182. The number of para-hydroxylation sites is 2. The highest BCUT2D eigenvalue weighted by atomic mass is 19.4. The van der Waals surface area contributed by atoms with Gasteiger partial charge in [0.2, 0.25) is 0 Å². The number of nitriles is 1. The lowest BCUT2D eigenvalue weighted by Crippen LogP contribution is -2.12. The Bertz CT molecular complexity index is 2600. The molecule has 0 atom stereocenters. The maximum Gasteiger partial charge on any atom is 0.417 e. The molecule has 0 spiro atoms. The fraction of sp³-hybridized carbons (Fsp3) is 0.196. The van der Waals surface area contributed by atoms with Gasteiger partial charge in [-0.05, 0) is 75.5 Å². The van der Waals surface area contributed by atoms with Crippen molar-refractivity contribution in [3.05, 3.63) is 144 Å². The van der Waals surface area contributed by atoms with Crippen LogP contribution < -0.4 is 0 Å². The normalized spacial score (nSPS) is 12.7. The number of fused-ring (bicyclic) bond motifs is 6. The second-order valence-electron chi connectivity index (χ2n) is 15.7. The van der Waals surface area contributed by atoms with Crippen LogP contribution in [0.3, 0.4) is 0 Å². The molecule has 0 bridgehead atoms. The van der Waals surface area contributed by atoms with E-state index in [-0.39, 0.29) is 16.4 Å². The molecule has 258 valence electrons. The van der Waals surface area contributed by atoms with Gasteiger partial charge < -0.3 is 9.13 Å². The fourth-order valence-corrected chi connectivity index (χ4v) is 7.61. The van der Waals surface area contributed by atoms with E-state index in [4.69, 9.17) is 0 Å². The zero-order chi connectivity index (χ0) is 36.7. The molecule has 6 heteroatoms. The third-order valence-corrected chi connectivity index (χ3v) is 10.3. The van der Waals surface area contributed by atoms with Gasteiger partial charge in [0.1, 0.15) is 11.6 Å². The summed E-state index contributed by atoms with van der Waals surface area (Å²) in [5, 5.41) is 15.2. The van der Waals surface area contributed by atoms with Gasteiger partial charge in [-0.1, -0.05) is 120 Å². The van der Waals surface area contributed by atoms with Crippen LogP contribution in [0.2, 0.25) is 0 Å². The number of aromatic nitrogens is 2. The Morgan fingerprint density at radius 1 is 0.500 bits per heavy atom. The van der Waals surface area contributed by atoms with Crippen LogP contribution in [0.4, 0.5) is 13.2 Å². The van der Waals surface area contributed by atoms with Crippen molar-refractivity contribution >= 4 is 43.6 Å². The number of hydrogen-bond donors (Lipinski definition) is 0. The minimum absolute atomic E-state index is 0.0503. The Morgan fingerprint density at radius 2 is 0.923 bits per heavy atom. The van der Waals surface area contributed by atoms with Gasteiger partial charge in [0.05, 0.1) is 39.0 Å². The predicted molar refractivity (Wildman–Crippen MR) is 208 cm³/mol. The largest absolute Gasteiger partial charge is 0.417 e. The summed E-state index contributed by atoms with van der Waals surface area (Å²) in [7, 11) is 0. The molecule has 2 aromatic heterocycles. The topological polar surface area (TPSA) is 33.6 Å². The number of benzene rings is 6. The fourth-order valence-electron chi connectivity index (χ4n) is 7.61. The van der Waals surface area contributed by atoms with E-state index in [0.717, 1.165) is 60.8 Å². The second-order valence-corrected chi connectivity index (χ2v) is 15.7. The van der Waals surface area contributed by atoms with Crippen LogP contribution in [0.5, 0.6) is 0 Å². The molecule has 0 aliphatic heterocycles. The van der Waals surface area contributed by atoms with E-state index in [1.165, 1.54) is 12.1 Å². The number of alkyl halides is 3. The SMILES string of the molecule is CC(C)(C)c1ccc2c3ccccc3n(-c3cc(-c4ccccc4C(F)(F)F)cc(-n4c5ccccc5c5ccc(C(C)(C)C)cc54)c3C#N)c2c1. The monoisotopic (exact) mass is 689 g/mol. The average molecular weight is 690 g/mol. The number of halogens is 3. The average Bonchev–Trinajstić information content (AvgIpc) is 3.62. The van der Waals surface area contributed by atoms with E-state index in [0.29, 0.717) is 22.5 Å². The van der Waals surface area contributed by atoms with Crippen molar-refractivity contribution < 1.29 is 13.2 Å². The van der Waals surface area contributed by atoms with Gasteiger partial charge in [0.15, 0.2) is 0 Å². The summed E-state index contributed by atoms with van der Waals surface area (Å²) in [5.41, 5.74) is 6.47. The second kappa shape index (κ2) is 11.6. The molecule has 2 heterocycles. The molecule has 3 nitrogen and oxygen atoms in total. The zero-order valence-electron chi connectivity index (χ0n) is 30.0. The molecule has 8 aromatic rings. The molecule has 0 N–H and O–H groups in total. The molecule has 0 aliphatic rings. The van der Waals surface area contributed by atoms with Crippen molar-refractivity contribution in [1.29, 1.82) is 5.26 Å². The van der Waals surface area contributed by atoms with E-state index in [1.54, 1.807) is 18.2 Å². The Morgan fingerprint density at radius 3 is 1.37 bits per heavy atom. The first-order valence-electron chi connectivity index (χ1n) is 17.5. The van der Waals surface area contributed by atoms with Crippen LogP contribution in [0.1, 0.15) is 63.8 Å². The molecule has 0 saturated carbocycles. The number of nitrogens with zero attached hydrogens (tertiary/aromatic N) is 3. The van der Waals surface area contributed by atoms with Crippen LogP contribution in [0, 0.1) is 11.3 Å². The Kier molecular flexibility index (Phi) is 7.45. The lowest BCUT2D eigenvalue weighted by atomic mass is 9.86. The summed E-state index contributed by atoms with van der Waals surface area (Å²) in [5.74, 6) is 0. The molecule has 0 radical (unpaired) electrons. The molecule has 6 aromatic carbocycles. The van der Waals surface area contributed by atoms with Crippen LogP contribution in [-0.4, -0.2) is 9.13 Å². The molecule has 0 fully saturated rings. The van der Waals surface area contributed by atoms with Crippen molar-refractivity contribution in [2.75, 3.05) is 0 Å². The molecule has 8 rings (SSSR count). The van der Waals surface area contributed by atoms with E-state index >= 15 is 0 Å². The van der Waals surface area contributed by atoms with Gasteiger partial charge in [-0.2, -0.15) is 18.4 Å². The van der Waals surface area contributed by atoms with Crippen LogP contribution in [0.25, 0.3) is 66.1 Å². The number of rotatable bonds is 3. The summed E-state index contributed by atoms with van der Waals surface area (Å²) < 4.78 is 48.3. The molecule has 0 aliphatic carbocycles. The van der Waals surface area contributed by atoms with E-state index in [9.17, 15) is 18.4 Å². The van der Waals surface area contributed by atoms with E-state index in [1.807, 2.05) is 36.4 Å². The van der Waals surface area contributed by atoms with Crippen LogP contribution in [0.15, 0.2) is 121 Å². The third-order valence-electron chi connectivity index (χ3n) is 10.3. The highest BCUT2D eigenvalue weighted by Crippen LogP contribution is 2.44. The van der Waals surface area contributed by atoms with Crippen molar-refractivity contribution in [1.82, 2.24) is 9.13 Å². The van der Waals surface area contributed by atoms with Gasteiger partial charge in [-0.25, -0.2) is 0 Å². The predicted octanol–water partition coefficient (Wildman–Crippen LogP) is 13.0. The summed E-state index contributed by atoms with van der Waals surface area (Å²) in [6, 6.07) is 40.6. The summed E-state index contributed by atoms with van der Waals surface area (Å²) in [6.45, 7) is 12.9. The standard InChI is InChI=1S/C46H38F3N3/c1-44(2,3)29-19-21-34-32-14-8-11-17-38(32)51(42(34)25-29)40-23-28(31-13-7-10-16-37(31)46(47,48)49)24-41(36(40)27-50)52-39-18-12-9-15-33(39)35-22-20-30(26-43(35)52)45(4,5)6/h7-26H,1-6H3. The first-order valence-corrected chi connectivity index (χ1v) is 17.5. The Hall–Kier alpha value is -5.80. The highest BCUT2D eigenvalue weighted by Gasteiger charge is 2.34. The summed E-state index contributed by atoms with van der Waals surface area (Å²) >= 11 is 0. The van der Waals surface area contributed by atoms with Gasteiger partial charge in [0, 0.05) is 21.5 Å². The molecular weight excluding hydrogens is 652 g/mol. The zero-order valence-corrected chi connectivity index (χ0v) is 30.0. The van der Waals surface area contributed by atoms with Crippen molar-refractivity contribution in [2.45, 2.75) is 58.5 Å². The third kappa shape index (κ3) is 5.26. The minimum atomic E-state index is -4.59. The smallest absolute Gasteiger partial charge is 0.308 e. The summed E-state index contributed by atoms with van der Waals surface area (Å²) in [4.78, 5) is 0. The maximum atomic E-state index is 14.7. The highest BCUT2D eigenvalue weighted by molar-refractivity contribution is 6.11. The van der Waals surface area contributed by atoms with Crippen molar-refractivity contribution in [2.24, 2.45) is 0 Å². The maximum absolute atomic E-state index is 14.7. The van der Waals surface area contributed by atoms with Crippen molar-refractivity contribution in [3.8, 4) is 28.6 Å². The van der Waals surface area contributed by atoms with Gasteiger partial charge in [-0.3, -0.25) is 0 Å². The molecule has 0 unspecified atom stereocenters. The lowest BCUT2D eigenvalue weighted by Gasteiger charge is -2.22. The van der Waals surface area contributed by atoms with E-state index in [2.05, 4.69) is 105 Å². The summed E-state index contributed by atoms with van der Waals surface area (Å²) in [6.07, 6.45) is -4.59. The first-order chi connectivity index (χ1) is 24.7. The number of hydrogen-bond acceptors (Lipinski definition) is 1. The van der Waals surface area contributed by atoms with Gasteiger partial charge in [0.25, 0.3) is 0 Å². The van der Waals surface area contributed by atoms with Gasteiger partial charge >= 0.3 is 6.18 Å².